The van der Waals surface area contributed by atoms with Crippen molar-refractivity contribution in [2.75, 3.05) is 5.32 Å². The molecule has 0 fully saturated rings. The molecule has 0 atom stereocenters. The molecule has 0 unspecified atom stereocenters. The lowest BCUT2D eigenvalue weighted by Gasteiger charge is -2.03. The Morgan fingerprint density at radius 1 is 1.15 bits per heavy atom. The van der Waals surface area contributed by atoms with Crippen molar-refractivity contribution in [2.24, 2.45) is 5.10 Å². The number of halogens is 1. The van der Waals surface area contributed by atoms with Crippen molar-refractivity contribution in [1.29, 1.82) is 0 Å². The Balaban J connectivity index is 1.86. The quantitative estimate of drug-likeness (QED) is 0.515. The minimum atomic E-state index is -0.886. The van der Waals surface area contributed by atoms with Crippen molar-refractivity contribution < 1.29 is 14.0 Å². The maximum Gasteiger partial charge on any atom is 0.329 e. The molecule has 0 radical (unpaired) electrons. The monoisotopic (exact) mass is 291 g/mol. The van der Waals surface area contributed by atoms with E-state index < -0.39 is 11.8 Å². The van der Waals surface area contributed by atoms with Gasteiger partial charge in [-0.2, -0.15) is 5.10 Å². The van der Waals surface area contributed by atoms with Crippen molar-refractivity contribution >= 4 is 35.3 Å². The lowest BCUT2D eigenvalue weighted by molar-refractivity contribution is -0.136. The van der Waals surface area contributed by atoms with Gasteiger partial charge in [0.25, 0.3) is 0 Å². The Hall–Kier alpha value is -2.60. The largest absolute Gasteiger partial charge is 0.463 e. The van der Waals surface area contributed by atoms with Crippen LogP contribution in [0.1, 0.15) is 5.76 Å². The number of nitrogens with zero attached hydrogens (tertiary/aromatic N) is 1. The van der Waals surface area contributed by atoms with Crippen molar-refractivity contribution in [1.82, 2.24) is 5.43 Å². The van der Waals surface area contributed by atoms with Gasteiger partial charge < -0.3 is 9.73 Å². The topological polar surface area (TPSA) is 83.7 Å². The highest BCUT2D eigenvalue weighted by molar-refractivity contribution is 6.39. The second-order valence-electron chi connectivity index (χ2n) is 3.68. The molecule has 2 amide bonds. The second-order valence-corrected chi connectivity index (χ2v) is 4.11. The van der Waals surface area contributed by atoms with Crippen LogP contribution >= 0.6 is 11.6 Å². The highest BCUT2D eigenvalue weighted by atomic mass is 35.5. The van der Waals surface area contributed by atoms with Crippen LogP contribution < -0.4 is 10.7 Å². The zero-order valence-corrected chi connectivity index (χ0v) is 10.9. The Labute approximate surface area is 119 Å². The van der Waals surface area contributed by atoms with Crippen molar-refractivity contribution in [3.05, 3.63) is 53.4 Å². The Kier molecular flexibility index (Phi) is 4.52. The van der Waals surface area contributed by atoms with Gasteiger partial charge in [-0.1, -0.05) is 11.6 Å². The van der Waals surface area contributed by atoms with Crippen LogP contribution in [0.3, 0.4) is 0 Å². The van der Waals surface area contributed by atoms with E-state index in [1.807, 2.05) is 0 Å². The van der Waals surface area contributed by atoms with E-state index in [1.54, 1.807) is 36.4 Å². The molecule has 7 heteroatoms. The third-order valence-corrected chi connectivity index (χ3v) is 2.46. The summed E-state index contributed by atoms with van der Waals surface area (Å²) in [7, 11) is 0. The first-order chi connectivity index (χ1) is 9.65. The summed E-state index contributed by atoms with van der Waals surface area (Å²) in [5, 5.41) is 6.53. The molecule has 6 nitrogen and oxygen atoms in total. The zero-order chi connectivity index (χ0) is 14.4. The van der Waals surface area contributed by atoms with Crippen molar-refractivity contribution in [2.45, 2.75) is 0 Å². The summed E-state index contributed by atoms with van der Waals surface area (Å²) in [6.07, 6.45) is 2.75. The number of nitrogens with one attached hydrogen (secondary N) is 2. The van der Waals surface area contributed by atoms with Crippen LogP contribution in [0.2, 0.25) is 5.02 Å². The molecule has 0 aliphatic carbocycles. The fourth-order valence-electron chi connectivity index (χ4n) is 1.29. The fourth-order valence-corrected chi connectivity index (χ4v) is 1.42. The minimum Gasteiger partial charge on any atom is -0.463 e. The molecule has 0 saturated carbocycles. The molecule has 1 heterocycles. The van der Waals surface area contributed by atoms with E-state index in [-0.39, 0.29) is 0 Å². The summed E-state index contributed by atoms with van der Waals surface area (Å²) in [6, 6.07) is 9.70. The fraction of sp³-hybridized carbons (Fsp3) is 0. The van der Waals surface area contributed by atoms with E-state index >= 15 is 0 Å². The highest BCUT2D eigenvalue weighted by Crippen LogP contribution is 2.13. The summed E-state index contributed by atoms with van der Waals surface area (Å²) in [6.45, 7) is 0. The van der Waals surface area contributed by atoms with Gasteiger partial charge in [0.05, 0.1) is 12.5 Å². The zero-order valence-electron chi connectivity index (χ0n) is 10.2. The number of hydrogen-bond donors (Lipinski definition) is 2. The molecule has 0 spiro atoms. The predicted molar refractivity (Wildman–Crippen MR) is 74.5 cm³/mol. The Morgan fingerprint density at radius 3 is 2.55 bits per heavy atom. The molecule has 0 saturated heterocycles. The van der Waals surface area contributed by atoms with Gasteiger partial charge in [0.15, 0.2) is 0 Å². The van der Waals surface area contributed by atoms with Gasteiger partial charge in [0.1, 0.15) is 5.76 Å². The lowest BCUT2D eigenvalue weighted by atomic mass is 10.3. The predicted octanol–water partition coefficient (Wildman–Crippen LogP) is 2.02. The Bertz CT molecular complexity index is 621. The summed E-state index contributed by atoms with van der Waals surface area (Å²) in [5.74, 6) is -1.25. The molecule has 2 N–H and O–H groups in total. The van der Waals surface area contributed by atoms with E-state index in [0.29, 0.717) is 16.5 Å². The van der Waals surface area contributed by atoms with Crippen LogP contribution in [0.4, 0.5) is 5.69 Å². The van der Waals surface area contributed by atoms with Gasteiger partial charge in [-0.15, -0.1) is 0 Å². The molecule has 0 aliphatic rings. The third-order valence-electron chi connectivity index (χ3n) is 2.21. The number of furan rings is 1. The van der Waals surface area contributed by atoms with E-state index in [9.17, 15) is 9.59 Å². The maximum absolute atomic E-state index is 11.5. The maximum atomic E-state index is 11.5. The van der Waals surface area contributed by atoms with Crippen LogP contribution in [0.5, 0.6) is 0 Å². The van der Waals surface area contributed by atoms with Crippen LogP contribution in [0, 0.1) is 0 Å². The normalized spacial score (nSPS) is 10.4. The summed E-state index contributed by atoms with van der Waals surface area (Å²) in [4.78, 5) is 23.0. The number of rotatable bonds is 3. The number of amides is 2. The second kappa shape index (κ2) is 6.53. The number of hydrogen-bond acceptors (Lipinski definition) is 4. The standard InChI is InChI=1S/C13H10ClN3O3/c14-9-3-5-10(6-4-9)16-12(18)13(19)17-15-8-11-2-1-7-20-11/h1-8H,(H,16,18)(H,17,19)/b15-8+. The van der Waals surface area contributed by atoms with E-state index in [4.69, 9.17) is 16.0 Å². The van der Waals surface area contributed by atoms with Crippen LogP contribution in [-0.4, -0.2) is 18.0 Å². The van der Waals surface area contributed by atoms with Gasteiger partial charge in [-0.3, -0.25) is 9.59 Å². The molecule has 0 bridgehead atoms. The average molecular weight is 292 g/mol. The summed E-state index contributed by atoms with van der Waals surface area (Å²) >= 11 is 5.71. The molecule has 102 valence electrons. The van der Waals surface area contributed by atoms with E-state index in [2.05, 4.69) is 15.8 Å². The average Bonchev–Trinajstić information content (AvgIpc) is 2.94. The molecule has 1 aromatic heterocycles. The first-order valence-electron chi connectivity index (χ1n) is 5.58. The smallest absolute Gasteiger partial charge is 0.329 e. The van der Waals surface area contributed by atoms with E-state index in [1.165, 1.54) is 12.5 Å². The SMILES string of the molecule is O=C(N/N=C/c1ccco1)C(=O)Nc1ccc(Cl)cc1. The molecular weight excluding hydrogens is 282 g/mol. The first-order valence-corrected chi connectivity index (χ1v) is 5.96. The van der Waals surface area contributed by atoms with E-state index in [0.717, 1.165) is 0 Å². The number of benzene rings is 1. The number of anilines is 1. The van der Waals surface area contributed by atoms with Gasteiger partial charge in [-0.05, 0) is 36.4 Å². The third kappa shape index (κ3) is 3.96. The summed E-state index contributed by atoms with van der Waals surface area (Å²) in [5.41, 5.74) is 2.55. The summed E-state index contributed by atoms with van der Waals surface area (Å²) < 4.78 is 4.97. The molecule has 2 aromatic rings. The van der Waals surface area contributed by atoms with Crippen molar-refractivity contribution in [3.8, 4) is 0 Å². The van der Waals surface area contributed by atoms with Gasteiger partial charge in [0, 0.05) is 10.7 Å². The molecule has 0 aliphatic heterocycles. The number of carbonyl (C=O) groups is 2. The molecular formula is C13H10ClN3O3. The lowest BCUT2D eigenvalue weighted by Crippen LogP contribution is -2.32. The molecule has 2 rings (SSSR count). The van der Waals surface area contributed by atoms with Crippen LogP contribution in [0.25, 0.3) is 0 Å². The van der Waals surface area contributed by atoms with Gasteiger partial charge in [-0.25, -0.2) is 5.43 Å². The highest BCUT2D eigenvalue weighted by Gasteiger charge is 2.12. The first kappa shape index (κ1) is 13.8. The minimum absolute atomic E-state index is 0.461. The number of hydrazone groups is 1. The van der Waals surface area contributed by atoms with Crippen LogP contribution in [-0.2, 0) is 9.59 Å². The number of carbonyl (C=O) groups excluding carboxylic acids is 2. The van der Waals surface area contributed by atoms with Gasteiger partial charge >= 0.3 is 11.8 Å². The van der Waals surface area contributed by atoms with Gasteiger partial charge in [0.2, 0.25) is 0 Å². The molecule has 20 heavy (non-hydrogen) atoms. The molecule has 1 aromatic carbocycles. The van der Waals surface area contributed by atoms with Crippen LogP contribution in [0.15, 0.2) is 52.2 Å². The van der Waals surface area contributed by atoms with Crippen molar-refractivity contribution in [3.63, 3.8) is 0 Å². The Morgan fingerprint density at radius 2 is 1.90 bits per heavy atom.